The standard InChI is InChI=1S/C30H37N7O4/c1-3-18(2)27(34-25(39)13-19-7-5-4-6-8-19)30(41)33-23-10-9-20-11-12-37-17-21(14-24(38)26(23)28(20)37)29(40)31-15-22-16-32-36-35-22/h4-8,11-12,16,18,21,23,26-27H,3,9-10,13-15,17H2,1-2H3,(H,31,40)(H,33,41)(H,34,39)(H,32,35,36)/t18-,21?,23?,26?,27-/m0/s1. The van der Waals surface area contributed by atoms with Crippen molar-refractivity contribution in [2.24, 2.45) is 11.8 Å². The van der Waals surface area contributed by atoms with Crippen molar-refractivity contribution in [3.05, 3.63) is 71.3 Å². The van der Waals surface area contributed by atoms with Crippen LogP contribution in [0, 0.1) is 11.8 Å². The van der Waals surface area contributed by atoms with Gasteiger partial charge in [0.1, 0.15) is 17.5 Å². The summed E-state index contributed by atoms with van der Waals surface area (Å²) < 4.78 is 2.00. The number of Topliss-reactive ketones (excluding diaryl/α,β-unsaturated/α-hetero) is 1. The number of benzene rings is 1. The molecule has 0 spiro atoms. The van der Waals surface area contributed by atoms with E-state index in [-0.39, 0.29) is 48.8 Å². The molecule has 11 nitrogen and oxygen atoms in total. The average molecular weight is 560 g/mol. The van der Waals surface area contributed by atoms with Crippen molar-refractivity contribution in [3.8, 4) is 0 Å². The van der Waals surface area contributed by atoms with Crippen LogP contribution in [0.2, 0.25) is 0 Å². The highest BCUT2D eigenvalue weighted by Gasteiger charge is 2.43. The van der Waals surface area contributed by atoms with Crippen molar-refractivity contribution in [2.75, 3.05) is 0 Å². The fourth-order valence-corrected chi connectivity index (χ4v) is 5.94. The minimum atomic E-state index is -0.722. The first kappa shape index (κ1) is 28.3. The molecule has 0 saturated carbocycles. The molecule has 1 aliphatic heterocycles. The number of carbonyl (C=O) groups excluding carboxylic acids is 4. The molecule has 3 heterocycles. The summed E-state index contributed by atoms with van der Waals surface area (Å²) in [5, 5.41) is 19.2. The molecule has 11 heteroatoms. The maximum atomic E-state index is 13.7. The van der Waals surface area contributed by atoms with Crippen LogP contribution >= 0.6 is 0 Å². The lowest BCUT2D eigenvalue weighted by Crippen LogP contribution is -2.55. The normalized spacial score (nSPS) is 21.2. The maximum Gasteiger partial charge on any atom is 0.243 e. The monoisotopic (exact) mass is 559 g/mol. The highest BCUT2D eigenvalue weighted by atomic mass is 16.2. The van der Waals surface area contributed by atoms with E-state index in [1.807, 2.05) is 61.0 Å². The molecule has 4 N–H and O–H groups in total. The van der Waals surface area contributed by atoms with Crippen molar-refractivity contribution in [2.45, 2.75) is 77.0 Å². The van der Waals surface area contributed by atoms with Crippen molar-refractivity contribution in [1.82, 2.24) is 35.9 Å². The molecule has 3 amide bonds. The molecule has 2 aliphatic rings. The van der Waals surface area contributed by atoms with Gasteiger partial charge in [0.2, 0.25) is 17.7 Å². The zero-order valence-electron chi connectivity index (χ0n) is 23.4. The number of nitrogens with one attached hydrogen (secondary N) is 4. The van der Waals surface area contributed by atoms with E-state index in [0.29, 0.717) is 31.5 Å². The molecule has 0 saturated heterocycles. The second-order valence-corrected chi connectivity index (χ2v) is 11.1. The van der Waals surface area contributed by atoms with Crippen molar-refractivity contribution in [1.29, 1.82) is 0 Å². The summed E-state index contributed by atoms with van der Waals surface area (Å²) in [5.41, 5.74) is 3.43. The van der Waals surface area contributed by atoms with Gasteiger partial charge in [0.15, 0.2) is 0 Å². The first-order valence-electron chi connectivity index (χ1n) is 14.3. The van der Waals surface area contributed by atoms with E-state index >= 15 is 0 Å². The lowest BCUT2D eigenvalue weighted by molar-refractivity contribution is -0.132. The molecule has 216 valence electrons. The first-order valence-corrected chi connectivity index (χ1v) is 14.3. The van der Waals surface area contributed by atoms with E-state index in [2.05, 4.69) is 31.4 Å². The van der Waals surface area contributed by atoms with Crippen LogP contribution in [-0.2, 0) is 45.1 Å². The van der Waals surface area contributed by atoms with Crippen LogP contribution in [-0.4, -0.2) is 55.6 Å². The Kier molecular flexibility index (Phi) is 8.61. The highest BCUT2D eigenvalue weighted by Crippen LogP contribution is 2.38. The SMILES string of the molecule is CC[C@H](C)[C@H](NC(=O)Cc1ccccc1)C(=O)NC1CCc2ccn3c2C1C(=O)CC(C(=O)NCc1cn[nH]n1)C3. The maximum absolute atomic E-state index is 13.7. The molecule has 5 rings (SSSR count). The minimum absolute atomic E-state index is 0.0662. The van der Waals surface area contributed by atoms with Crippen LogP contribution in [0.3, 0.4) is 0 Å². The van der Waals surface area contributed by atoms with Gasteiger partial charge in [-0.3, -0.25) is 19.2 Å². The van der Waals surface area contributed by atoms with Crippen LogP contribution < -0.4 is 16.0 Å². The third-order valence-corrected chi connectivity index (χ3v) is 8.35. The summed E-state index contributed by atoms with van der Waals surface area (Å²) in [4.78, 5) is 53.3. The van der Waals surface area contributed by atoms with Crippen LogP contribution in [0.4, 0.5) is 0 Å². The molecular weight excluding hydrogens is 522 g/mol. The Morgan fingerprint density at radius 3 is 2.71 bits per heavy atom. The third-order valence-electron chi connectivity index (χ3n) is 8.35. The number of nitrogens with zero attached hydrogens (tertiary/aromatic N) is 3. The molecule has 0 radical (unpaired) electrons. The van der Waals surface area contributed by atoms with E-state index in [1.54, 1.807) is 0 Å². The van der Waals surface area contributed by atoms with E-state index in [0.717, 1.165) is 16.8 Å². The van der Waals surface area contributed by atoms with Gasteiger partial charge >= 0.3 is 0 Å². The summed E-state index contributed by atoms with van der Waals surface area (Å²) >= 11 is 0. The lowest BCUT2D eigenvalue weighted by Gasteiger charge is -2.34. The minimum Gasteiger partial charge on any atom is -0.350 e. The topological polar surface area (TPSA) is 151 Å². The van der Waals surface area contributed by atoms with Gasteiger partial charge in [0.25, 0.3) is 0 Å². The molecular formula is C30H37N7O4. The Morgan fingerprint density at radius 1 is 1.17 bits per heavy atom. The summed E-state index contributed by atoms with van der Waals surface area (Å²) in [7, 11) is 0. The van der Waals surface area contributed by atoms with Crippen LogP contribution in [0.5, 0.6) is 0 Å². The number of aromatic amines is 1. The molecule has 1 aliphatic carbocycles. The van der Waals surface area contributed by atoms with Crippen LogP contribution in [0.25, 0.3) is 0 Å². The summed E-state index contributed by atoms with van der Waals surface area (Å²) in [5.74, 6) is -1.99. The van der Waals surface area contributed by atoms with Gasteiger partial charge in [0, 0.05) is 30.9 Å². The summed E-state index contributed by atoms with van der Waals surface area (Å²) in [6, 6.07) is 10.3. The third kappa shape index (κ3) is 6.39. The predicted octanol–water partition coefficient (Wildman–Crippen LogP) is 1.80. The number of carbonyl (C=O) groups is 4. The van der Waals surface area contributed by atoms with Crippen molar-refractivity contribution >= 4 is 23.5 Å². The molecule has 1 aromatic carbocycles. The first-order chi connectivity index (χ1) is 19.8. The van der Waals surface area contributed by atoms with Gasteiger partial charge in [-0.05, 0) is 36.0 Å². The van der Waals surface area contributed by atoms with Gasteiger partial charge in [-0.25, -0.2) is 0 Å². The Morgan fingerprint density at radius 2 is 1.98 bits per heavy atom. The summed E-state index contributed by atoms with van der Waals surface area (Å²) in [6.07, 6.45) is 5.76. The van der Waals surface area contributed by atoms with Crippen molar-refractivity contribution < 1.29 is 19.2 Å². The fraction of sp³-hybridized carbons (Fsp3) is 0.467. The van der Waals surface area contributed by atoms with E-state index in [4.69, 9.17) is 0 Å². The van der Waals surface area contributed by atoms with Crippen molar-refractivity contribution in [3.63, 3.8) is 0 Å². The second-order valence-electron chi connectivity index (χ2n) is 11.1. The zero-order chi connectivity index (χ0) is 28.9. The molecule has 3 unspecified atom stereocenters. The number of hydrogen-bond acceptors (Lipinski definition) is 6. The Bertz CT molecular complexity index is 1380. The predicted molar refractivity (Wildman–Crippen MR) is 150 cm³/mol. The number of hydrogen-bond donors (Lipinski definition) is 4. The Hall–Kier alpha value is -4.28. The van der Waals surface area contributed by atoms with E-state index in [1.165, 1.54) is 6.20 Å². The van der Waals surface area contributed by atoms with Gasteiger partial charge in [-0.1, -0.05) is 50.6 Å². The lowest BCUT2D eigenvalue weighted by atomic mass is 9.79. The molecule has 41 heavy (non-hydrogen) atoms. The average Bonchev–Trinajstić information content (AvgIpc) is 3.61. The Labute approximate surface area is 238 Å². The summed E-state index contributed by atoms with van der Waals surface area (Å²) in [6.45, 7) is 4.53. The quantitative estimate of drug-likeness (QED) is 0.297. The number of H-pyrrole nitrogens is 1. The second kappa shape index (κ2) is 12.5. The number of rotatable bonds is 10. The number of amides is 3. The molecule has 2 aromatic heterocycles. The molecule has 0 fully saturated rings. The van der Waals surface area contributed by atoms with Crippen LogP contribution in [0.15, 0.2) is 48.8 Å². The van der Waals surface area contributed by atoms with E-state index in [9.17, 15) is 19.2 Å². The highest BCUT2D eigenvalue weighted by molar-refractivity contribution is 5.93. The number of ketones is 1. The smallest absolute Gasteiger partial charge is 0.243 e. The molecule has 5 atom stereocenters. The largest absolute Gasteiger partial charge is 0.350 e. The van der Waals surface area contributed by atoms with Crippen LogP contribution in [0.1, 0.15) is 61.5 Å². The fourth-order valence-electron chi connectivity index (χ4n) is 5.94. The van der Waals surface area contributed by atoms with Gasteiger partial charge in [-0.15, -0.1) is 0 Å². The number of aromatic nitrogens is 4. The Balaban J connectivity index is 1.29. The number of aryl methyl sites for hydroxylation is 1. The molecule has 3 aromatic rings. The zero-order valence-corrected chi connectivity index (χ0v) is 23.4. The van der Waals surface area contributed by atoms with Gasteiger partial charge < -0.3 is 20.5 Å². The van der Waals surface area contributed by atoms with E-state index < -0.39 is 23.9 Å². The van der Waals surface area contributed by atoms with Gasteiger partial charge in [0.05, 0.1) is 31.0 Å². The van der Waals surface area contributed by atoms with Gasteiger partial charge in [-0.2, -0.15) is 15.4 Å². The molecule has 0 bridgehead atoms.